The molecule has 0 rings (SSSR count). The zero-order valence-electron chi connectivity index (χ0n) is 8.38. The van der Waals surface area contributed by atoms with Crippen LogP contribution in [-0.2, 0) is 9.53 Å². The van der Waals surface area contributed by atoms with Gasteiger partial charge < -0.3 is 15.2 Å². The van der Waals surface area contributed by atoms with Crippen molar-refractivity contribution in [2.45, 2.75) is 38.9 Å². The molecule has 0 fully saturated rings. The van der Waals surface area contributed by atoms with Crippen LogP contribution in [0.2, 0.25) is 0 Å². The van der Waals surface area contributed by atoms with Gasteiger partial charge in [0.1, 0.15) is 0 Å². The zero-order valence-corrected chi connectivity index (χ0v) is 8.38. The quantitative estimate of drug-likeness (QED) is 0.456. The van der Waals surface area contributed by atoms with E-state index in [4.69, 9.17) is 9.84 Å². The molecule has 1 atom stereocenters. The van der Waals surface area contributed by atoms with E-state index >= 15 is 0 Å². The summed E-state index contributed by atoms with van der Waals surface area (Å²) in [5.41, 5.74) is 0. The van der Waals surface area contributed by atoms with Crippen molar-refractivity contribution >= 4 is 5.91 Å². The van der Waals surface area contributed by atoms with Gasteiger partial charge >= 0.3 is 0 Å². The van der Waals surface area contributed by atoms with Gasteiger partial charge in [-0.25, -0.2) is 0 Å². The van der Waals surface area contributed by atoms with Gasteiger partial charge in [0.15, 0.2) is 6.29 Å². The first kappa shape index (κ1) is 12.4. The molecular weight excluding hydrogens is 170 g/mol. The standard InChI is InChI=1S/C9H19NO3/c1-3-4-5-6-13-9(12)7-8(11)10-2/h9,12H,3-7H2,1-2H3,(H,10,11). The van der Waals surface area contributed by atoms with Crippen molar-refractivity contribution in [1.82, 2.24) is 5.32 Å². The number of carbonyl (C=O) groups excluding carboxylic acids is 1. The molecule has 0 aliphatic carbocycles. The maximum atomic E-state index is 10.8. The van der Waals surface area contributed by atoms with Crippen LogP contribution in [0, 0.1) is 0 Å². The first-order valence-corrected chi connectivity index (χ1v) is 4.71. The lowest BCUT2D eigenvalue weighted by atomic mass is 10.3. The summed E-state index contributed by atoms with van der Waals surface area (Å²) in [5.74, 6) is -0.206. The van der Waals surface area contributed by atoms with Gasteiger partial charge in [0.05, 0.1) is 6.42 Å². The molecule has 13 heavy (non-hydrogen) atoms. The molecule has 0 aromatic carbocycles. The smallest absolute Gasteiger partial charge is 0.224 e. The van der Waals surface area contributed by atoms with Crippen LogP contribution < -0.4 is 5.32 Å². The second-order valence-electron chi connectivity index (χ2n) is 2.91. The van der Waals surface area contributed by atoms with Gasteiger partial charge in [-0.3, -0.25) is 4.79 Å². The normalized spacial score (nSPS) is 12.5. The summed E-state index contributed by atoms with van der Waals surface area (Å²) < 4.78 is 5.01. The molecular formula is C9H19NO3. The minimum absolute atomic E-state index is 0.0165. The Labute approximate surface area is 79.3 Å². The third-order valence-corrected chi connectivity index (χ3v) is 1.70. The molecule has 0 bridgehead atoms. The number of carbonyl (C=O) groups is 1. The highest BCUT2D eigenvalue weighted by molar-refractivity contribution is 5.75. The number of nitrogens with one attached hydrogen (secondary N) is 1. The van der Waals surface area contributed by atoms with Crippen molar-refractivity contribution in [3.63, 3.8) is 0 Å². The highest BCUT2D eigenvalue weighted by atomic mass is 16.6. The minimum atomic E-state index is -0.961. The van der Waals surface area contributed by atoms with Crippen LogP contribution in [0.3, 0.4) is 0 Å². The van der Waals surface area contributed by atoms with Gasteiger partial charge in [-0.1, -0.05) is 19.8 Å². The van der Waals surface area contributed by atoms with Crippen molar-refractivity contribution in [2.24, 2.45) is 0 Å². The predicted octanol–water partition coefficient (Wildman–Crippen LogP) is 0.648. The molecule has 0 aliphatic heterocycles. The Bertz CT molecular complexity index is 139. The summed E-state index contributed by atoms with van der Waals surface area (Å²) in [4.78, 5) is 10.8. The fraction of sp³-hybridized carbons (Fsp3) is 0.889. The largest absolute Gasteiger partial charge is 0.367 e. The average Bonchev–Trinajstić information content (AvgIpc) is 2.12. The third kappa shape index (κ3) is 7.74. The number of hydrogen-bond acceptors (Lipinski definition) is 3. The Hall–Kier alpha value is -0.610. The number of unbranched alkanes of at least 4 members (excludes halogenated alkanes) is 2. The number of aliphatic hydroxyl groups is 1. The van der Waals surface area contributed by atoms with Gasteiger partial charge in [0.25, 0.3) is 0 Å². The Morgan fingerprint density at radius 1 is 1.54 bits per heavy atom. The van der Waals surface area contributed by atoms with Crippen molar-refractivity contribution < 1.29 is 14.6 Å². The topological polar surface area (TPSA) is 58.6 Å². The molecule has 0 saturated carbocycles. The van der Waals surface area contributed by atoms with Gasteiger partial charge in [0.2, 0.25) is 5.91 Å². The van der Waals surface area contributed by atoms with Crippen LogP contribution in [0.1, 0.15) is 32.6 Å². The predicted molar refractivity (Wildman–Crippen MR) is 50.2 cm³/mol. The summed E-state index contributed by atoms with van der Waals surface area (Å²) in [6.45, 7) is 2.62. The number of rotatable bonds is 7. The summed E-state index contributed by atoms with van der Waals surface area (Å²) in [6.07, 6.45) is 2.20. The molecule has 0 spiro atoms. The van der Waals surface area contributed by atoms with Crippen molar-refractivity contribution in [3.05, 3.63) is 0 Å². The van der Waals surface area contributed by atoms with Crippen LogP contribution in [0.15, 0.2) is 0 Å². The lowest BCUT2D eigenvalue weighted by molar-refractivity contribution is -0.137. The molecule has 4 nitrogen and oxygen atoms in total. The molecule has 4 heteroatoms. The summed E-state index contributed by atoms with van der Waals surface area (Å²) >= 11 is 0. The first-order chi connectivity index (χ1) is 6.20. The van der Waals surface area contributed by atoms with Crippen molar-refractivity contribution in [2.75, 3.05) is 13.7 Å². The van der Waals surface area contributed by atoms with E-state index in [1.165, 1.54) is 7.05 Å². The van der Waals surface area contributed by atoms with Crippen molar-refractivity contribution in [3.8, 4) is 0 Å². The molecule has 0 aromatic heterocycles. The van der Waals surface area contributed by atoms with Crippen LogP contribution in [0.5, 0.6) is 0 Å². The molecule has 2 N–H and O–H groups in total. The monoisotopic (exact) mass is 189 g/mol. The van der Waals surface area contributed by atoms with E-state index in [2.05, 4.69) is 12.2 Å². The Morgan fingerprint density at radius 2 is 2.23 bits per heavy atom. The Morgan fingerprint density at radius 3 is 2.77 bits per heavy atom. The third-order valence-electron chi connectivity index (χ3n) is 1.70. The second kappa shape index (κ2) is 8.01. The first-order valence-electron chi connectivity index (χ1n) is 4.71. The molecule has 0 radical (unpaired) electrons. The average molecular weight is 189 g/mol. The molecule has 0 heterocycles. The Kier molecular flexibility index (Phi) is 7.63. The number of aliphatic hydroxyl groups excluding tert-OH is 1. The molecule has 0 saturated heterocycles. The molecule has 1 unspecified atom stereocenters. The summed E-state index contributed by atoms with van der Waals surface area (Å²) in [5, 5.41) is 11.6. The SMILES string of the molecule is CCCCCOC(O)CC(=O)NC. The van der Waals surface area contributed by atoms with Gasteiger partial charge in [0, 0.05) is 13.7 Å². The lowest BCUT2D eigenvalue weighted by Gasteiger charge is -2.10. The summed E-state index contributed by atoms with van der Waals surface area (Å²) in [7, 11) is 1.53. The number of amides is 1. The van der Waals surface area contributed by atoms with Crippen LogP contribution in [0.4, 0.5) is 0 Å². The van der Waals surface area contributed by atoms with E-state index in [-0.39, 0.29) is 12.3 Å². The minimum Gasteiger partial charge on any atom is -0.367 e. The number of ether oxygens (including phenoxy) is 1. The van der Waals surface area contributed by atoms with Gasteiger partial charge in [-0.05, 0) is 6.42 Å². The van der Waals surface area contributed by atoms with Crippen LogP contribution in [-0.4, -0.2) is 31.0 Å². The van der Waals surface area contributed by atoms with E-state index in [1.807, 2.05) is 0 Å². The van der Waals surface area contributed by atoms with E-state index in [9.17, 15) is 4.79 Å². The molecule has 0 aromatic rings. The number of hydrogen-bond donors (Lipinski definition) is 2. The van der Waals surface area contributed by atoms with E-state index in [0.717, 1.165) is 19.3 Å². The zero-order chi connectivity index (χ0) is 10.1. The molecule has 78 valence electrons. The van der Waals surface area contributed by atoms with E-state index in [1.54, 1.807) is 0 Å². The lowest BCUT2D eigenvalue weighted by Crippen LogP contribution is -2.25. The highest BCUT2D eigenvalue weighted by Crippen LogP contribution is 1.99. The second-order valence-corrected chi connectivity index (χ2v) is 2.91. The van der Waals surface area contributed by atoms with Crippen molar-refractivity contribution in [1.29, 1.82) is 0 Å². The maximum Gasteiger partial charge on any atom is 0.224 e. The van der Waals surface area contributed by atoms with Gasteiger partial charge in [-0.2, -0.15) is 0 Å². The van der Waals surface area contributed by atoms with Crippen LogP contribution in [0.25, 0.3) is 0 Å². The fourth-order valence-corrected chi connectivity index (χ4v) is 0.891. The maximum absolute atomic E-state index is 10.8. The summed E-state index contributed by atoms with van der Waals surface area (Å²) in [6, 6.07) is 0. The van der Waals surface area contributed by atoms with E-state index < -0.39 is 6.29 Å². The van der Waals surface area contributed by atoms with E-state index in [0.29, 0.717) is 6.61 Å². The molecule has 1 amide bonds. The van der Waals surface area contributed by atoms with Gasteiger partial charge in [-0.15, -0.1) is 0 Å². The Balaban J connectivity index is 3.29. The van der Waals surface area contributed by atoms with Crippen LogP contribution >= 0.6 is 0 Å². The highest BCUT2D eigenvalue weighted by Gasteiger charge is 2.08. The molecule has 0 aliphatic rings. The fourth-order valence-electron chi connectivity index (χ4n) is 0.891.